The van der Waals surface area contributed by atoms with Gasteiger partial charge < -0.3 is 20.1 Å². The van der Waals surface area contributed by atoms with Crippen LogP contribution in [0.3, 0.4) is 0 Å². The van der Waals surface area contributed by atoms with Gasteiger partial charge in [-0.15, -0.1) is 35.3 Å². The second-order valence-corrected chi connectivity index (χ2v) is 6.32. The van der Waals surface area contributed by atoms with Crippen LogP contribution >= 0.6 is 35.3 Å². The van der Waals surface area contributed by atoms with Crippen molar-refractivity contribution >= 4 is 41.3 Å². The Morgan fingerprint density at radius 2 is 1.87 bits per heavy atom. The van der Waals surface area contributed by atoms with Crippen molar-refractivity contribution < 1.29 is 9.47 Å². The molecular weight excluding hydrogens is 425 g/mol. The van der Waals surface area contributed by atoms with E-state index in [-0.39, 0.29) is 24.0 Å². The zero-order valence-electron chi connectivity index (χ0n) is 14.4. The third kappa shape index (κ3) is 11.7. The Balaban J connectivity index is 0.00000484. The van der Waals surface area contributed by atoms with E-state index in [1.807, 2.05) is 0 Å². The summed E-state index contributed by atoms with van der Waals surface area (Å²) >= 11 is 1.80. The van der Waals surface area contributed by atoms with E-state index in [4.69, 9.17) is 9.47 Å². The molecule has 0 aliphatic carbocycles. The third-order valence-electron chi connectivity index (χ3n) is 3.00. The standard InChI is InChI=1S/C16H29N3O2S.HI/c1-4-5-9-20-11-12-21-10-8-18-16(17-3)19-13-15-7-6-14(2)22-15;/h6-7H,4-5,8-13H2,1-3H3,(H2,17,18,19);1H. The van der Waals surface area contributed by atoms with Gasteiger partial charge >= 0.3 is 0 Å². The van der Waals surface area contributed by atoms with Gasteiger partial charge in [-0.3, -0.25) is 4.99 Å². The van der Waals surface area contributed by atoms with Crippen molar-refractivity contribution in [2.75, 3.05) is 40.0 Å². The van der Waals surface area contributed by atoms with Gasteiger partial charge in [-0.2, -0.15) is 0 Å². The molecule has 2 N–H and O–H groups in total. The first kappa shape index (κ1) is 22.6. The van der Waals surface area contributed by atoms with Crippen molar-refractivity contribution in [2.24, 2.45) is 4.99 Å². The van der Waals surface area contributed by atoms with Crippen LogP contribution in [0.15, 0.2) is 17.1 Å². The lowest BCUT2D eigenvalue weighted by atomic mass is 10.4. The summed E-state index contributed by atoms with van der Waals surface area (Å²) in [5.74, 6) is 0.800. The quantitative estimate of drug-likeness (QED) is 0.233. The van der Waals surface area contributed by atoms with E-state index in [2.05, 4.69) is 41.6 Å². The second-order valence-electron chi connectivity index (χ2n) is 4.94. The average Bonchev–Trinajstić information content (AvgIpc) is 2.94. The fraction of sp³-hybridized carbons (Fsp3) is 0.688. The molecule has 0 saturated heterocycles. The monoisotopic (exact) mass is 455 g/mol. The van der Waals surface area contributed by atoms with Crippen LogP contribution in [0.5, 0.6) is 0 Å². The summed E-state index contributed by atoms with van der Waals surface area (Å²) in [5.41, 5.74) is 0. The minimum atomic E-state index is 0. The lowest BCUT2D eigenvalue weighted by molar-refractivity contribution is 0.0487. The van der Waals surface area contributed by atoms with Gasteiger partial charge in [-0.25, -0.2) is 0 Å². The highest BCUT2D eigenvalue weighted by molar-refractivity contribution is 14.0. The Morgan fingerprint density at radius 3 is 2.48 bits per heavy atom. The first-order chi connectivity index (χ1) is 10.8. The fourth-order valence-corrected chi connectivity index (χ4v) is 2.61. The molecule has 1 aromatic rings. The summed E-state index contributed by atoms with van der Waals surface area (Å²) in [6.07, 6.45) is 2.29. The summed E-state index contributed by atoms with van der Waals surface area (Å²) < 4.78 is 10.9. The smallest absolute Gasteiger partial charge is 0.191 e. The largest absolute Gasteiger partial charge is 0.379 e. The molecule has 1 rings (SSSR count). The second kappa shape index (κ2) is 15.2. The number of thiophene rings is 1. The molecule has 0 bridgehead atoms. The Bertz CT molecular complexity index is 427. The highest BCUT2D eigenvalue weighted by atomic mass is 127. The van der Waals surface area contributed by atoms with Crippen molar-refractivity contribution in [1.29, 1.82) is 0 Å². The molecule has 0 aromatic carbocycles. The number of rotatable bonds is 11. The van der Waals surface area contributed by atoms with Gasteiger partial charge in [0.1, 0.15) is 0 Å². The van der Waals surface area contributed by atoms with E-state index in [0.717, 1.165) is 32.1 Å². The number of halogens is 1. The molecular formula is C16H30IN3O2S. The highest BCUT2D eigenvalue weighted by Crippen LogP contribution is 2.14. The Morgan fingerprint density at radius 1 is 1.13 bits per heavy atom. The molecule has 0 atom stereocenters. The Labute approximate surface area is 161 Å². The number of aryl methyl sites for hydroxylation is 1. The molecule has 0 amide bonds. The lowest BCUT2D eigenvalue weighted by Crippen LogP contribution is -2.38. The summed E-state index contributed by atoms with van der Waals surface area (Å²) in [5, 5.41) is 6.53. The number of hydrogen-bond acceptors (Lipinski definition) is 4. The fourth-order valence-electron chi connectivity index (χ4n) is 1.78. The Hall–Kier alpha value is -0.380. The van der Waals surface area contributed by atoms with Crippen molar-refractivity contribution in [2.45, 2.75) is 33.2 Å². The number of nitrogens with zero attached hydrogens (tertiary/aromatic N) is 1. The molecule has 5 nitrogen and oxygen atoms in total. The van der Waals surface area contributed by atoms with Crippen LogP contribution in [0.2, 0.25) is 0 Å². The van der Waals surface area contributed by atoms with Crippen LogP contribution < -0.4 is 10.6 Å². The van der Waals surface area contributed by atoms with Crippen LogP contribution in [-0.2, 0) is 16.0 Å². The van der Waals surface area contributed by atoms with Gasteiger partial charge in [0.05, 0.1) is 26.4 Å². The van der Waals surface area contributed by atoms with Crippen molar-refractivity contribution in [3.8, 4) is 0 Å². The van der Waals surface area contributed by atoms with E-state index in [1.54, 1.807) is 18.4 Å². The number of ether oxygens (including phenoxy) is 2. The topological polar surface area (TPSA) is 54.9 Å². The molecule has 7 heteroatoms. The maximum Gasteiger partial charge on any atom is 0.191 e. The molecule has 0 fully saturated rings. The predicted molar refractivity (Wildman–Crippen MR) is 109 cm³/mol. The van der Waals surface area contributed by atoms with E-state index in [0.29, 0.717) is 19.8 Å². The zero-order chi connectivity index (χ0) is 16.0. The maximum absolute atomic E-state index is 5.51. The molecule has 134 valence electrons. The van der Waals surface area contributed by atoms with Gasteiger partial charge in [-0.1, -0.05) is 13.3 Å². The minimum absolute atomic E-state index is 0. The van der Waals surface area contributed by atoms with E-state index in [1.165, 1.54) is 16.2 Å². The third-order valence-corrected chi connectivity index (χ3v) is 4.00. The number of aliphatic imine (C=N–C) groups is 1. The van der Waals surface area contributed by atoms with Crippen LogP contribution in [-0.4, -0.2) is 46.0 Å². The van der Waals surface area contributed by atoms with E-state index in [9.17, 15) is 0 Å². The number of hydrogen-bond donors (Lipinski definition) is 2. The normalized spacial score (nSPS) is 11.2. The number of unbranched alkanes of at least 4 members (excludes halogenated alkanes) is 1. The Kier molecular flexibility index (Phi) is 14.9. The van der Waals surface area contributed by atoms with E-state index >= 15 is 0 Å². The molecule has 0 saturated carbocycles. The number of nitrogens with one attached hydrogen (secondary N) is 2. The molecule has 0 spiro atoms. The molecule has 0 aliphatic rings. The van der Waals surface area contributed by atoms with Crippen LogP contribution in [0.25, 0.3) is 0 Å². The summed E-state index contributed by atoms with van der Waals surface area (Å²) in [6.45, 7) is 8.60. The molecule has 0 aliphatic heterocycles. The average molecular weight is 455 g/mol. The predicted octanol–water partition coefficient (Wildman–Crippen LogP) is 3.17. The minimum Gasteiger partial charge on any atom is -0.379 e. The highest BCUT2D eigenvalue weighted by Gasteiger charge is 2.00. The molecule has 23 heavy (non-hydrogen) atoms. The molecule has 0 unspecified atom stereocenters. The SMILES string of the molecule is CCCCOCCOCCNC(=NC)NCc1ccc(C)s1.I. The van der Waals surface area contributed by atoms with Gasteiger partial charge in [0, 0.05) is 30.0 Å². The van der Waals surface area contributed by atoms with Gasteiger partial charge in [-0.05, 0) is 25.5 Å². The number of guanidine groups is 1. The van der Waals surface area contributed by atoms with E-state index < -0.39 is 0 Å². The maximum atomic E-state index is 5.51. The van der Waals surface area contributed by atoms with Gasteiger partial charge in [0.15, 0.2) is 5.96 Å². The lowest BCUT2D eigenvalue weighted by Gasteiger charge is -2.11. The summed E-state index contributed by atoms with van der Waals surface area (Å²) in [4.78, 5) is 6.83. The summed E-state index contributed by atoms with van der Waals surface area (Å²) in [7, 11) is 1.78. The first-order valence-electron chi connectivity index (χ1n) is 7.91. The van der Waals surface area contributed by atoms with Gasteiger partial charge in [0.25, 0.3) is 0 Å². The molecule has 1 heterocycles. The van der Waals surface area contributed by atoms with Crippen molar-refractivity contribution in [3.05, 3.63) is 21.9 Å². The van der Waals surface area contributed by atoms with Crippen molar-refractivity contribution in [1.82, 2.24) is 10.6 Å². The van der Waals surface area contributed by atoms with Crippen LogP contribution in [0.1, 0.15) is 29.5 Å². The van der Waals surface area contributed by atoms with Crippen molar-refractivity contribution in [3.63, 3.8) is 0 Å². The zero-order valence-corrected chi connectivity index (χ0v) is 17.5. The molecule has 0 radical (unpaired) electrons. The van der Waals surface area contributed by atoms with Crippen LogP contribution in [0.4, 0.5) is 0 Å². The van der Waals surface area contributed by atoms with Gasteiger partial charge in [0.2, 0.25) is 0 Å². The summed E-state index contributed by atoms with van der Waals surface area (Å²) in [6, 6.07) is 4.27. The molecule has 1 aromatic heterocycles. The first-order valence-corrected chi connectivity index (χ1v) is 8.73. The van der Waals surface area contributed by atoms with Crippen LogP contribution in [0, 0.1) is 6.92 Å².